The zero-order valence-electron chi connectivity index (χ0n) is 26.7. The van der Waals surface area contributed by atoms with Crippen LogP contribution in [0.5, 0.6) is 0 Å². The number of ether oxygens (including phenoxy) is 2. The number of hydrogen-bond donors (Lipinski definition) is 4. The summed E-state index contributed by atoms with van der Waals surface area (Å²) in [6.07, 6.45) is 2.39. The van der Waals surface area contributed by atoms with Gasteiger partial charge in [0, 0.05) is 30.5 Å². The third-order valence-electron chi connectivity index (χ3n) is 7.14. The lowest BCUT2D eigenvalue weighted by Crippen LogP contribution is -2.37. The number of nitrogens with zero attached hydrogens (tertiary/aromatic N) is 2. The molecule has 12 heteroatoms. The maximum atomic E-state index is 13.1. The van der Waals surface area contributed by atoms with Gasteiger partial charge >= 0.3 is 12.1 Å². The second-order valence-corrected chi connectivity index (χ2v) is 12.0. The van der Waals surface area contributed by atoms with Crippen LogP contribution in [-0.2, 0) is 9.47 Å². The standard InChI is InChI=1S/C34H42N6O6/c1-23(41)24-9-7-10-26(21-24)36-32(43)38-27(13-8-16-40-17-19-45-20-18-40)25-14-15-30(35-22-25)31(42)37-28-11-5-6-12-29(28)39-33(44)46-34(2,3)4/h5-7,9-12,14-15,21-22,27H,8,13,16-20H2,1-4H3,(H,37,42)(H,39,44)(H2,36,38,43). The molecule has 2 heterocycles. The van der Waals surface area contributed by atoms with Crippen molar-refractivity contribution in [2.24, 2.45) is 0 Å². The highest BCUT2D eigenvalue weighted by molar-refractivity contribution is 6.05. The molecule has 1 aliphatic rings. The normalized spacial score (nSPS) is 14.1. The number of amides is 4. The van der Waals surface area contributed by atoms with Gasteiger partial charge in [-0.2, -0.15) is 0 Å². The fourth-order valence-electron chi connectivity index (χ4n) is 4.85. The van der Waals surface area contributed by atoms with Crippen molar-refractivity contribution in [2.45, 2.75) is 52.2 Å². The number of aromatic nitrogens is 1. The Bertz CT molecular complexity index is 1520. The minimum absolute atomic E-state index is 0.0944. The molecule has 12 nitrogen and oxygen atoms in total. The molecule has 4 N–H and O–H groups in total. The molecule has 3 aromatic rings. The minimum Gasteiger partial charge on any atom is -0.444 e. The second-order valence-electron chi connectivity index (χ2n) is 12.0. The molecule has 1 aliphatic heterocycles. The molecule has 2 aromatic carbocycles. The summed E-state index contributed by atoms with van der Waals surface area (Å²) in [4.78, 5) is 57.0. The van der Waals surface area contributed by atoms with Gasteiger partial charge in [-0.3, -0.25) is 24.8 Å². The first kappa shape index (κ1) is 34.1. The zero-order valence-corrected chi connectivity index (χ0v) is 26.7. The lowest BCUT2D eigenvalue weighted by atomic mass is 10.0. The number of pyridine rings is 1. The largest absolute Gasteiger partial charge is 0.444 e. The van der Waals surface area contributed by atoms with Crippen LogP contribution in [-0.4, -0.2) is 72.1 Å². The molecule has 0 saturated carbocycles. The van der Waals surface area contributed by atoms with Crippen molar-refractivity contribution >= 4 is 40.9 Å². The molecule has 0 aliphatic carbocycles. The number of nitrogens with one attached hydrogen (secondary N) is 4. The predicted octanol–water partition coefficient (Wildman–Crippen LogP) is 5.86. The van der Waals surface area contributed by atoms with Crippen LogP contribution in [0, 0.1) is 0 Å². The molecule has 1 saturated heterocycles. The highest BCUT2D eigenvalue weighted by Gasteiger charge is 2.20. The van der Waals surface area contributed by atoms with E-state index in [1.165, 1.54) is 6.92 Å². The molecule has 1 fully saturated rings. The smallest absolute Gasteiger partial charge is 0.412 e. The minimum atomic E-state index is -0.676. The van der Waals surface area contributed by atoms with Crippen molar-refractivity contribution in [1.82, 2.24) is 15.2 Å². The Morgan fingerprint density at radius 2 is 1.65 bits per heavy atom. The van der Waals surface area contributed by atoms with Gasteiger partial charge in [0.05, 0.1) is 30.6 Å². The number of hydrogen-bond acceptors (Lipinski definition) is 8. The van der Waals surface area contributed by atoms with E-state index in [-0.39, 0.29) is 17.5 Å². The van der Waals surface area contributed by atoms with Gasteiger partial charge in [-0.1, -0.05) is 30.3 Å². The van der Waals surface area contributed by atoms with Gasteiger partial charge in [0.15, 0.2) is 5.78 Å². The molecule has 1 unspecified atom stereocenters. The van der Waals surface area contributed by atoms with E-state index < -0.39 is 23.6 Å². The van der Waals surface area contributed by atoms with Gasteiger partial charge < -0.3 is 25.4 Å². The van der Waals surface area contributed by atoms with E-state index in [0.717, 1.165) is 31.6 Å². The Hall–Kier alpha value is -4.81. The fraction of sp³-hybridized carbons (Fsp3) is 0.382. The maximum Gasteiger partial charge on any atom is 0.412 e. The van der Waals surface area contributed by atoms with Gasteiger partial charge in [-0.05, 0) is 83.0 Å². The lowest BCUT2D eigenvalue weighted by molar-refractivity contribution is 0.0369. The average molecular weight is 631 g/mol. The fourth-order valence-corrected chi connectivity index (χ4v) is 4.85. The molecule has 1 aromatic heterocycles. The van der Waals surface area contributed by atoms with Crippen LogP contribution in [0.2, 0.25) is 0 Å². The molecule has 1 atom stereocenters. The van der Waals surface area contributed by atoms with Gasteiger partial charge in [0.25, 0.3) is 5.91 Å². The van der Waals surface area contributed by atoms with Crippen LogP contribution in [0.4, 0.5) is 26.7 Å². The van der Waals surface area contributed by atoms with Crippen molar-refractivity contribution in [3.8, 4) is 0 Å². The number of para-hydroxylation sites is 2. The average Bonchev–Trinajstić information content (AvgIpc) is 3.01. The second kappa shape index (κ2) is 16.0. The molecule has 0 radical (unpaired) electrons. The van der Waals surface area contributed by atoms with Crippen molar-refractivity contribution in [2.75, 3.05) is 48.8 Å². The van der Waals surface area contributed by atoms with Gasteiger partial charge in [-0.25, -0.2) is 9.59 Å². The zero-order chi connectivity index (χ0) is 33.1. The number of ketones is 1. The Morgan fingerprint density at radius 1 is 0.935 bits per heavy atom. The van der Waals surface area contributed by atoms with Crippen molar-refractivity contribution in [3.05, 3.63) is 83.7 Å². The molecular formula is C34H42N6O6. The summed E-state index contributed by atoms with van der Waals surface area (Å²) in [7, 11) is 0. The molecule has 0 spiro atoms. The number of carbonyl (C=O) groups is 4. The number of benzene rings is 2. The first-order chi connectivity index (χ1) is 22.0. The van der Waals surface area contributed by atoms with Crippen LogP contribution < -0.4 is 21.3 Å². The Labute approximate surface area is 269 Å². The van der Waals surface area contributed by atoms with E-state index in [9.17, 15) is 19.2 Å². The summed E-state index contributed by atoms with van der Waals surface area (Å²) < 4.78 is 10.8. The molecule has 0 bridgehead atoms. The summed E-state index contributed by atoms with van der Waals surface area (Å²) in [6.45, 7) is 10.8. The van der Waals surface area contributed by atoms with Crippen LogP contribution in [0.25, 0.3) is 0 Å². The maximum absolute atomic E-state index is 13.1. The summed E-state index contributed by atoms with van der Waals surface area (Å²) >= 11 is 0. The highest BCUT2D eigenvalue weighted by atomic mass is 16.6. The summed E-state index contributed by atoms with van der Waals surface area (Å²) in [6, 6.07) is 16.1. The van der Waals surface area contributed by atoms with E-state index in [1.54, 1.807) is 87.6 Å². The molecule has 4 amide bonds. The Kier molecular flexibility index (Phi) is 11.8. The number of Topliss-reactive ketones (excluding diaryl/α,β-unsaturated/α-hetero) is 1. The molecular weight excluding hydrogens is 588 g/mol. The predicted molar refractivity (Wildman–Crippen MR) is 176 cm³/mol. The van der Waals surface area contributed by atoms with E-state index in [2.05, 4.69) is 31.2 Å². The third-order valence-corrected chi connectivity index (χ3v) is 7.14. The van der Waals surface area contributed by atoms with E-state index >= 15 is 0 Å². The molecule has 46 heavy (non-hydrogen) atoms. The molecule has 4 rings (SSSR count). The topological polar surface area (TPSA) is 151 Å². The van der Waals surface area contributed by atoms with Crippen LogP contribution in [0.15, 0.2) is 66.9 Å². The number of rotatable bonds is 11. The van der Waals surface area contributed by atoms with Crippen LogP contribution in [0.1, 0.15) is 73.0 Å². The van der Waals surface area contributed by atoms with Gasteiger partial charge in [-0.15, -0.1) is 0 Å². The monoisotopic (exact) mass is 630 g/mol. The summed E-state index contributed by atoms with van der Waals surface area (Å²) in [5.41, 5.74) is 1.99. The molecule has 244 valence electrons. The Balaban J connectivity index is 1.44. The summed E-state index contributed by atoms with van der Waals surface area (Å²) in [5, 5.41) is 11.3. The van der Waals surface area contributed by atoms with Crippen molar-refractivity contribution in [3.63, 3.8) is 0 Å². The highest BCUT2D eigenvalue weighted by Crippen LogP contribution is 2.24. The number of morpholine rings is 1. The quantitative estimate of drug-likeness (QED) is 0.193. The SMILES string of the molecule is CC(=O)c1cccc(NC(=O)NC(CCCN2CCOCC2)c2ccc(C(=O)Nc3ccccc3NC(=O)OC(C)(C)C)nc2)c1. The van der Waals surface area contributed by atoms with E-state index in [4.69, 9.17) is 9.47 Å². The van der Waals surface area contributed by atoms with E-state index in [0.29, 0.717) is 42.3 Å². The lowest BCUT2D eigenvalue weighted by Gasteiger charge is -2.27. The van der Waals surface area contributed by atoms with Gasteiger partial charge in [0.1, 0.15) is 11.3 Å². The van der Waals surface area contributed by atoms with Crippen molar-refractivity contribution < 1.29 is 28.7 Å². The van der Waals surface area contributed by atoms with Crippen LogP contribution in [0.3, 0.4) is 0 Å². The van der Waals surface area contributed by atoms with Crippen LogP contribution >= 0.6 is 0 Å². The first-order valence-corrected chi connectivity index (χ1v) is 15.3. The number of carbonyl (C=O) groups excluding carboxylic acids is 4. The summed E-state index contributed by atoms with van der Waals surface area (Å²) in [5.74, 6) is -0.562. The Morgan fingerprint density at radius 3 is 2.30 bits per heavy atom. The number of urea groups is 1. The van der Waals surface area contributed by atoms with E-state index in [1.807, 2.05) is 0 Å². The third kappa shape index (κ3) is 10.7. The van der Waals surface area contributed by atoms with Crippen molar-refractivity contribution in [1.29, 1.82) is 0 Å². The first-order valence-electron chi connectivity index (χ1n) is 15.3. The number of anilines is 3. The van der Waals surface area contributed by atoms with Gasteiger partial charge in [0.2, 0.25) is 0 Å².